The summed E-state index contributed by atoms with van der Waals surface area (Å²) in [5.41, 5.74) is 8.33. The van der Waals surface area contributed by atoms with Crippen molar-refractivity contribution in [2.75, 3.05) is 26.2 Å². The molecule has 1 aromatic carbocycles. The summed E-state index contributed by atoms with van der Waals surface area (Å²) < 4.78 is 5.50. The summed E-state index contributed by atoms with van der Waals surface area (Å²) in [6, 6.07) is 0. The minimum Gasteiger partial charge on any atom is -0.444 e. The zero-order chi connectivity index (χ0) is 24.4. The molecule has 0 aliphatic carbocycles. The van der Waals surface area contributed by atoms with Crippen molar-refractivity contribution < 1.29 is 19.6 Å². The van der Waals surface area contributed by atoms with Gasteiger partial charge in [0.2, 0.25) is 0 Å². The zero-order valence-electron chi connectivity index (χ0n) is 21.2. The van der Waals surface area contributed by atoms with E-state index in [0.29, 0.717) is 25.1 Å². The first-order valence-electron chi connectivity index (χ1n) is 11.3. The Balaban J connectivity index is 2.29. The fraction of sp³-hybridized carbons (Fsp3) is 0.625. The number of nitrogens with zero attached hydrogens (tertiary/aromatic N) is 2. The molecule has 0 spiro atoms. The lowest BCUT2D eigenvalue weighted by atomic mass is 9.70. The molecule has 32 heavy (non-hydrogen) atoms. The Morgan fingerprint density at radius 3 is 2.06 bits per heavy atom. The molecule has 0 saturated carbocycles. The second-order valence-corrected chi connectivity index (χ2v) is 15.5. The molecule has 0 aromatic heterocycles. The average Bonchev–Trinajstić information content (AvgIpc) is 2.63. The van der Waals surface area contributed by atoms with Gasteiger partial charge in [0.15, 0.2) is 0 Å². The monoisotopic (exact) mass is 458 g/mol. The Morgan fingerprint density at radius 1 is 1.03 bits per heavy atom. The Bertz CT molecular complexity index is 915. The van der Waals surface area contributed by atoms with Crippen molar-refractivity contribution in [3.05, 3.63) is 27.8 Å². The van der Waals surface area contributed by atoms with Crippen molar-refractivity contribution in [2.24, 2.45) is 0 Å². The minimum atomic E-state index is -1.59. The molecule has 6 nitrogen and oxygen atoms in total. The van der Waals surface area contributed by atoms with Crippen molar-refractivity contribution in [3.8, 4) is 11.5 Å². The summed E-state index contributed by atoms with van der Waals surface area (Å²) in [6.07, 6.45) is -0.269. The molecular weight excluding hydrogens is 419 g/mol. The molecule has 1 aromatic rings. The SMILES string of the molecule is Cc1c(C#C[Si](C)(C)C)c(C)c(B(O)O)c(C)c1CN1CCN(C(=O)OC(C)(C)C)CC1. The van der Waals surface area contributed by atoms with Gasteiger partial charge in [-0.1, -0.05) is 25.6 Å². The Morgan fingerprint density at radius 2 is 1.59 bits per heavy atom. The summed E-state index contributed by atoms with van der Waals surface area (Å²) in [5, 5.41) is 20.2. The largest absolute Gasteiger partial charge is 0.489 e. The second-order valence-electron chi connectivity index (χ2n) is 10.8. The number of carbonyl (C=O) groups is 1. The van der Waals surface area contributed by atoms with Gasteiger partial charge in [-0.25, -0.2) is 4.79 Å². The molecule has 8 heteroatoms. The van der Waals surface area contributed by atoms with Crippen molar-refractivity contribution >= 4 is 26.7 Å². The first kappa shape index (κ1) is 26.5. The van der Waals surface area contributed by atoms with E-state index in [2.05, 4.69) is 42.9 Å². The van der Waals surface area contributed by atoms with Crippen LogP contribution in [0.25, 0.3) is 0 Å². The van der Waals surface area contributed by atoms with Crippen molar-refractivity contribution in [1.29, 1.82) is 0 Å². The van der Waals surface area contributed by atoms with Crippen LogP contribution in [0.2, 0.25) is 19.6 Å². The number of carbonyl (C=O) groups excluding carboxylic acids is 1. The summed E-state index contributed by atoms with van der Waals surface area (Å²) >= 11 is 0. The van der Waals surface area contributed by atoms with Crippen LogP contribution in [-0.4, -0.2) is 72.9 Å². The smallest absolute Gasteiger partial charge is 0.444 e. The van der Waals surface area contributed by atoms with E-state index < -0.39 is 20.8 Å². The van der Waals surface area contributed by atoms with Crippen LogP contribution in [0.15, 0.2) is 0 Å². The van der Waals surface area contributed by atoms with Crippen molar-refractivity contribution in [3.63, 3.8) is 0 Å². The molecule has 1 heterocycles. The second kappa shape index (κ2) is 10.0. The van der Waals surface area contributed by atoms with Gasteiger partial charge in [0.25, 0.3) is 0 Å². The Labute approximate surface area is 195 Å². The van der Waals surface area contributed by atoms with Crippen LogP contribution in [-0.2, 0) is 11.3 Å². The highest BCUT2D eigenvalue weighted by Gasteiger charge is 2.28. The topological polar surface area (TPSA) is 73.2 Å². The highest BCUT2D eigenvalue weighted by Crippen LogP contribution is 2.23. The first-order chi connectivity index (χ1) is 14.6. The predicted octanol–water partition coefficient (Wildman–Crippen LogP) is 2.57. The molecule has 176 valence electrons. The highest BCUT2D eigenvalue weighted by molar-refractivity contribution is 6.83. The van der Waals surface area contributed by atoms with E-state index in [1.54, 1.807) is 4.90 Å². The van der Waals surface area contributed by atoms with Crippen LogP contribution in [0.1, 0.15) is 48.6 Å². The molecule has 2 N–H and O–H groups in total. The summed E-state index contributed by atoms with van der Waals surface area (Å²) in [5.74, 6) is 3.37. The number of amides is 1. The van der Waals surface area contributed by atoms with Crippen LogP contribution in [0.4, 0.5) is 4.79 Å². The van der Waals surface area contributed by atoms with E-state index in [0.717, 1.165) is 40.9 Å². The third kappa shape index (κ3) is 6.85. The first-order valence-corrected chi connectivity index (χ1v) is 14.8. The molecule has 0 bridgehead atoms. The number of hydrogen-bond acceptors (Lipinski definition) is 5. The molecular formula is C24H39BN2O4Si. The quantitative estimate of drug-likeness (QED) is 0.538. The standard InChI is InChI=1S/C24H39BN2O4Si/c1-17-20(10-15-32(7,8)9)18(2)22(25(29)30)19(3)21(17)16-26-11-13-27(14-12-26)23(28)31-24(4,5)6/h29-30H,11-14,16H2,1-9H3. The lowest BCUT2D eigenvalue weighted by Gasteiger charge is -2.36. The molecule has 1 saturated heterocycles. The van der Waals surface area contributed by atoms with E-state index in [1.165, 1.54) is 0 Å². The number of piperazine rings is 1. The maximum absolute atomic E-state index is 12.4. The van der Waals surface area contributed by atoms with E-state index in [-0.39, 0.29) is 6.09 Å². The number of ether oxygens (including phenoxy) is 1. The summed E-state index contributed by atoms with van der Waals surface area (Å²) in [6.45, 7) is 21.5. The highest BCUT2D eigenvalue weighted by atomic mass is 28.3. The fourth-order valence-corrected chi connectivity index (χ4v) is 4.49. The predicted molar refractivity (Wildman–Crippen MR) is 134 cm³/mol. The van der Waals surface area contributed by atoms with Crippen LogP contribution in [0.3, 0.4) is 0 Å². The van der Waals surface area contributed by atoms with Gasteiger partial charge in [0, 0.05) is 38.3 Å². The van der Waals surface area contributed by atoms with Crippen LogP contribution in [0, 0.1) is 32.2 Å². The van der Waals surface area contributed by atoms with Gasteiger partial charge in [-0.2, -0.15) is 0 Å². The maximum Gasteiger partial charge on any atom is 0.489 e. The summed E-state index contributed by atoms with van der Waals surface area (Å²) in [4.78, 5) is 16.4. The van der Waals surface area contributed by atoms with E-state index in [1.807, 2.05) is 34.6 Å². The van der Waals surface area contributed by atoms with Crippen LogP contribution < -0.4 is 5.46 Å². The average molecular weight is 458 g/mol. The zero-order valence-corrected chi connectivity index (χ0v) is 22.2. The van der Waals surface area contributed by atoms with Gasteiger partial charge in [0.1, 0.15) is 13.7 Å². The lowest BCUT2D eigenvalue weighted by Crippen LogP contribution is -2.50. The Hall–Kier alpha value is -1.79. The van der Waals surface area contributed by atoms with Gasteiger partial charge in [0.05, 0.1) is 0 Å². The molecule has 1 aliphatic rings. The molecule has 1 aliphatic heterocycles. The molecule has 0 atom stereocenters. The summed E-state index contributed by atoms with van der Waals surface area (Å²) in [7, 11) is -3.12. The fourth-order valence-electron chi connectivity index (χ4n) is 3.99. The minimum absolute atomic E-state index is 0.269. The normalized spacial score (nSPS) is 15.3. The molecule has 1 fully saturated rings. The molecule has 0 radical (unpaired) electrons. The van der Waals surface area contributed by atoms with Crippen LogP contribution in [0.5, 0.6) is 0 Å². The van der Waals surface area contributed by atoms with E-state index in [4.69, 9.17) is 4.74 Å². The van der Waals surface area contributed by atoms with E-state index in [9.17, 15) is 14.8 Å². The van der Waals surface area contributed by atoms with Crippen molar-refractivity contribution in [1.82, 2.24) is 9.80 Å². The third-order valence-corrected chi connectivity index (χ3v) is 6.56. The number of benzene rings is 1. The lowest BCUT2D eigenvalue weighted by molar-refractivity contribution is 0.0138. The van der Waals surface area contributed by atoms with Crippen LogP contribution >= 0.6 is 0 Å². The maximum atomic E-state index is 12.4. The number of rotatable bonds is 3. The molecule has 0 unspecified atom stereocenters. The van der Waals surface area contributed by atoms with Gasteiger partial charge >= 0.3 is 13.2 Å². The van der Waals surface area contributed by atoms with Crippen molar-refractivity contribution in [2.45, 2.75) is 73.3 Å². The van der Waals surface area contributed by atoms with Gasteiger partial charge < -0.3 is 19.7 Å². The molecule has 1 amide bonds. The van der Waals surface area contributed by atoms with Gasteiger partial charge in [-0.3, -0.25) is 4.90 Å². The van der Waals surface area contributed by atoms with Gasteiger partial charge in [-0.15, -0.1) is 5.54 Å². The Kier molecular flexibility index (Phi) is 8.27. The van der Waals surface area contributed by atoms with E-state index >= 15 is 0 Å². The number of hydrogen-bond donors (Lipinski definition) is 2. The third-order valence-electron chi connectivity index (χ3n) is 5.69. The van der Waals surface area contributed by atoms with Gasteiger partial charge in [-0.05, 0) is 69.3 Å². The molecule has 2 rings (SSSR count).